The van der Waals surface area contributed by atoms with E-state index >= 15 is 0 Å². The van der Waals surface area contributed by atoms with Gasteiger partial charge in [-0.05, 0) is 49.3 Å². The molecule has 1 aromatic carbocycles. The fourth-order valence-corrected chi connectivity index (χ4v) is 5.38. The van der Waals surface area contributed by atoms with Gasteiger partial charge in [0.1, 0.15) is 5.82 Å². The van der Waals surface area contributed by atoms with Gasteiger partial charge < -0.3 is 4.90 Å². The number of H-pyrrole nitrogens is 1. The first-order valence-electron chi connectivity index (χ1n) is 8.99. The highest BCUT2D eigenvalue weighted by atomic mass is 32.2. The minimum absolute atomic E-state index is 0.423. The van der Waals surface area contributed by atoms with E-state index in [-0.39, 0.29) is 0 Å². The van der Waals surface area contributed by atoms with Crippen LogP contribution in [0, 0.1) is 0 Å². The minimum atomic E-state index is -3.31. The highest BCUT2D eigenvalue weighted by Gasteiger charge is 2.27. The number of hydrogen-bond acceptors (Lipinski definition) is 4. The zero-order valence-corrected chi connectivity index (χ0v) is 15.1. The third-order valence-corrected chi connectivity index (χ3v) is 7.27. The maximum absolute atomic E-state index is 12.6. The van der Waals surface area contributed by atoms with Crippen molar-refractivity contribution in [3.63, 3.8) is 0 Å². The molecule has 1 N–H and O–H groups in total. The molecule has 2 fully saturated rings. The molecule has 2 aliphatic heterocycles. The molecule has 7 heteroatoms. The van der Waals surface area contributed by atoms with Crippen molar-refractivity contribution < 1.29 is 8.42 Å². The second-order valence-electron chi connectivity index (χ2n) is 6.87. The SMILES string of the molecule is O=S(=O)(c1ccc(C2CCN(c3cc[nH]n3)CC2)cc1)N1CCCC1. The molecular weight excluding hydrogens is 336 g/mol. The van der Waals surface area contributed by atoms with Crippen molar-refractivity contribution >= 4 is 15.8 Å². The van der Waals surface area contributed by atoms with Crippen LogP contribution in [0.2, 0.25) is 0 Å². The van der Waals surface area contributed by atoms with Gasteiger partial charge in [0, 0.05) is 38.4 Å². The molecule has 0 radical (unpaired) electrons. The van der Waals surface area contributed by atoms with Crippen LogP contribution in [0.3, 0.4) is 0 Å². The van der Waals surface area contributed by atoms with Crippen LogP contribution < -0.4 is 4.90 Å². The molecular formula is C18H24N4O2S. The summed E-state index contributed by atoms with van der Waals surface area (Å²) in [7, 11) is -3.31. The van der Waals surface area contributed by atoms with Gasteiger partial charge in [0.15, 0.2) is 0 Å². The molecule has 3 heterocycles. The molecule has 4 rings (SSSR count). The first kappa shape index (κ1) is 16.6. The predicted octanol–water partition coefficient (Wildman–Crippen LogP) is 2.58. The van der Waals surface area contributed by atoms with Crippen molar-refractivity contribution in [2.45, 2.75) is 36.5 Å². The van der Waals surface area contributed by atoms with E-state index in [0.29, 0.717) is 23.9 Å². The van der Waals surface area contributed by atoms with E-state index in [1.807, 2.05) is 24.4 Å². The van der Waals surface area contributed by atoms with Crippen molar-refractivity contribution in [2.75, 3.05) is 31.1 Å². The Kier molecular flexibility index (Phi) is 4.52. The predicted molar refractivity (Wildman–Crippen MR) is 97.2 cm³/mol. The van der Waals surface area contributed by atoms with Gasteiger partial charge in [-0.25, -0.2) is 8.42 Å². The molecule has 0 bridgehead atoms. The van der Waals surface area contributed by atoms with Gasteiger partial charge in [0.05, 0.1) is 4.90 Å². The topological polar surface area (TPSA) is 69.3 Å². The lowest BCUT2D eigenvalue weighted by molar-refractivity contribution is 0.477. The lowest BCUT2D eigenvalue weighted by atomic mass is 9.89. The number of nitrogens with zero attached hydrogens (tertiary/aromatic N) is 3. The monoisotopic (exact) mass is 360 g/mol. The van der Waals surface area contributed by atoms with Crippen LogP contribution in [0.15, 0.2) is 41.4 Å². The maximum atomic E-state index is 12.6. The molecule has 0 aliphatic carbocycles. The molecule has 2 saturated heterocycles. The highest BCUT2D eigenvalue weighted by molar-refractivity contribution is 7.89. The molecule has 0 unspecified atom stereocenters. The molecule has 6 nitrogen and oxygen atoms in total. The fraction of sp³-hybridized carbons (Fsp3) is 0.500. The molecule has 0 spiro atoms. The lowest BCUT2D eigenvalue weighted by Crippen LogP contribution is -2.33. The molecule has 1 aromatic heterocycles. The number of sulfonamides is 1. The van der Waals surface area contributed by atoms with Crippen molar-refractivity contribution in [3.05, 3.63) is 42.1 Å². The molecule has 0 amide bonds. The summed E-state index contributed by atoms with van der Waals surface area (Å²) < 4.78 is 26.8. The molecule has 134 valence electrons. The average molecular weight is 360 g/mol. The summed E-state index contributed by atoms with van der Waals surface area (Å²) in [6, 6.07) is 9.56. The third-order valence-electron chi connectivity index (χ3n) is 5.36. The number of benzene rings is 1. The van der Waals surface area contributed by atoms with E-state index < -0.39 is 10.0 Å². The van der Waals surface area contributed by atoms with Crippen LogP contribution in [0.25, 0.3) is 0 Å². The number of anilines is 1. The van der Waals surface area contributed by atoms with Crippen LogP contribution in [0.5, 0.6) is 0 Å². The van der Waals surface area contributed by atoms with Gasteiger partial charge >= 0.3 is 0 Å². The number of aromatic nitrogens is 2. The third kappa shape index (κ3) is 3.30. The Morgan fingerprint density at radius 2 is 1.64 bits per heavy atom. The molecule has 25 heavy (non-hydrogen) atoms. The first-order chi connectivity index (χ1) is 12.1. The van der Waals surface area contributed by atoms with Gasteiger partial charge in [-0.1, -0.05) is 12.1 Å². The number of hydrogen-bond donors (Lipinski definition) is 1. The summed E-state index contributed by atoms with van der Waals surface area (Å²) in [4.78, 5) is 2.71. The van der Waals surface area contributed by atoms with Crippen LogP contribution in [0.4, 0.5) is 5.82 Å². The Balaban J connectivity index is 1.43. The normalized spacial score (nSPS) is 20.2. The smallest absolute Gasteiger partial charge is 0.243 e. The van der Waals surface area contributed by atoms with Crippen molar-refractivity contribution in [1.82, 2.24) is 14.5 Å². The summed E-state index contributed by atoms with van der Waals surface area (Å²) in [6.45, 7) is 3.25. The Hall–Kier alpha value is -1.86. The molecule has 0 atom stereocenters. The maximum Gasteiger partial charge on any atom is 0.243 e. The fourth-order valence-electron chi connectivity index (χ4n) is 3.86. The quantitative estimate of drug-likeness (QED) is 0.910. The van der Waals surface area contributed by atoms with Crippen molar-refractivity contribution in [1.29, 1.82) is 0 Å². The van der Waals surface area contributed by atoms with E-state index in [9.17, 15) is 8.42 Å². The highest BCUT2D eigenvalue weighted by Crippen LogP contribution is 2.31. The van der Waals surface area contributed by atoms with Crippen LogP contribution in [-0.4, -0.2) is 49.1 Å². The van der Waals surface area contributed by atoms with Crippen LogP contribution in [-0.2, 0) is 10.0 Å². The van der Waals surface area contributed by atoms with E-state index in [1.54, 1.807) is 16.4 Å². The second kappa shape index (κ2) is 6.80. The summed E-state index contributed by atoms with van der Waals surface area (Å²) >= 11 is 0. The number of piperidine rings is 1. The number of nitrogens with one attached hydrogen (secondary N) is 1. The zero-order valence-electron chi connectivity index (χ0n) is 14.3. The Labute approximate surface area is 148 Å². The van der Waals surface area contributed by atoms with Gasteiger partial charge in [-0.2, -0.15) is 9.40 Å². The van der Waals surface area contributed by atoms with Crippen LogP contribution in [0.1, 0.15) is 37.2 Å². The van der Waals surface area contributed by atoms with Gasteiger partial charge in [0.2, 0.25) is 10.0 Å². The summed E-state index contributed by atoms with van der Waals surface area (Å²) in [5.41, 5.74) is 1.24. The van der Waals surface area contributed by atoms with E-state index in [0.717, 1.165) is 44.6 Å². The Bertz CT molecular complexity index is 788. The summed E-state index contributed by atoms with van der Waals surface area (Å²) in [6.07, 6.45) is 5.90. The molecule has 2 aromatic rings. The van der Waals surface area contributed by atoms with Crippen molar-refractivity contribution in [2.24, 2.45) is 0 Å². The first-order valence-corrected chi connectivity index (χ1v) is 10.4. The Morgan fingerprint density at radius 3 is 2.24 bits per heavy atom. The van der Waals surface area contributed by atoms with E-state index in [4.69, 9.17) is 0 Å². The average Bonchev–Trinajstić information content (AvgIpc) is 3.36. The number of rotatable bonds is 4. The van der Waals surface area contributed by atoms with Gasteiger partial charge in [0.25, 0.3) is 0 Å². The summed E-state index contributed by atoms with van der Waals surface area (Å²) in [5, 5.41) is 7.10. The number of aromatic amines is 1. The largest absolute Gasteiger partial charge is 0.355 e. The van der Waals surface area contributed by atoms with Crippen LogP contribution >= 0.6 is 0 Å². The Morgan fingerprint density at radius 1 is 0.960 bits per heavy atom. The zero-order chi connectivity index (χ0) is 17.3. The molecule has 0 saturated carbocycles. The summed E-state index contributed by atoms with van der Waals surface area (Å²) in [5.74, 6) is 1.49. The van der Waals surface area contributed by atoms with Gasteiger partial charge in [-0.3, -0.25) is 5.10 Å². The standard InChI is InChI=1S/C18H24N4O2S/c23-25(24,22-11-1-2-12-22)17-5-3-15(4-6-17)16-8-13-21(14-9-16)18-7-10-19-20-18/h3-7,10,16H,1-2,8-9,11-14H2,(H,19,20). The molecule has 2 aliphatic rings. The lowest BCUT2D eigenvalue weighted by Gasteiger charge is -2.32. The van der Waals surface area contributed by atoms with Gasteiger partial charge in [-0.15, -0.1) is 0 Å². The second-order valence-corrected chi connectivity index (χ2v) is 8.81. The van der Waals surface area contributed by atoms with E-state index in [1.165, 1.54) is 5.56 Å². The van der Waals surface area contributed by atoms with Crippen molar-refractivity contribution in [3.8, 4) is 0 Å². The minimum Gasteiger partial charge on any atom is -0.355 e. The van der Waals surface area contributed by atoms with E-state index in [2.05, 4.69) is 15.1 Å².